The van der Waals surface area contributed by atoms with Crippen LogP contribution in [0.3, 0.4) is 0 Å². The quantitative estimate of drug-likeness (QED) is 0.879. The fourth-order valence-corrected chi connectivity index (χ4v) is 2.71. The summed E-state index contributed by atoms with van der Waals surface area (Å²) in [4.78, 5) is 0. The molecule has 1 aliphatic carbocycles. The molecule has 0 amide bonds. The van der Waals surface area contributed by atoms with Gasteiger partial charge in [-0.3, -0.25) is 0 Å². The largest absolute Gasteiger partial charge is 0.392 e. The molecule has 19 heavy (non-hydrogen) atoms. The third kappa shape index (κ3) is 2.69. The fraction of sp³-hybridized carbons (Fsp3) is 0.400. The van der Waals surface area contributed by atoms with Gasteiger partial charge >= 0.3 is 0 Å². The zero-order chi connectivity index (χ0) is 13.1. The number of benzene rings is 1. The Hall–Kier alpha value is -1.65. The van der Waals surface area contributed by atoms with Crippen LogP contribution in [-0.4, -0.2) is 27.0 Å². The third-order valence-corrected chi connectivity index (χ3v) is 3.78. The van der Waals surface area contributed by atoms with Gasteiger partial charge in [0.15, 0.2) is 0 Å². The lowest BCUT2D eigenvalue weighted by Crippen LogP contribution is -2.35. The van der Waals surface area contributed by atoms with E-state index >= 15 is 0 Å². The summed E-state index contributed by atoms with van der Waals surface area (Å²) in [6.07, 6.45) is 6.62. The molecule has 3 rings (SSSR count). The highest BCUT2D eigenvalue weighted by molar-refractivity contribution is 5.40. The Morgan fingerprint density at radius 3 is 2.89 bits per heavy atom. The van der Waals surface area contributed by atoms with Gasteiger partial charge in [-0.05, 0) is 37.0 Å². The molecule has 2 N–H and O–H groups in total. The van der Waals surface area contributed by atoms with Crippen LogP contribution in [0, 0.1) is 0 Å². The van der Waals surface area contributed by atoms with Crippen molar-refractivity contribution < 1.29 is 5.11 Å². The summed E-state index contributed by atoms with van der Waals surface area (Å²) in [5, 5.41) is 17.6. The van der Waals surface area contributed by atoms with E-state index < -0.39 is 0 Å². The summed E-state index contributed by atoms with van der Waals surface area (Å²) in [6.45, 7) is 0.762. The molecule has 0 bridgehead atoms. The number of nitrogens with one attached hydrogen (secondary N) is 1. The Morgan fingerprint density at radius 2 is 2.16 bits per heavy atom. The van der Waals surface area contributed by atoms with Crippen LogP contribution in [0.1, 0.15) is 24.8 Å². The first kappa shape index (κ1) is 12.4. The number of hydrogen-bond donors (Lipinski definition) is 2. The number of aliphatic hydroxyl groups excluding tert-OH is 1. The van der Waals surface area contributed by atoms with Gasteiger partial charge in [-0.15, -0.1) is 0 Å². The van der Waals surface area contributed by atoms with Crippen molar-refractivity contribution in [1.82, 2.24) is 15.1 Å². The lowest BCUT2D eigenvalue weighted by molar-refractivity contribution is 0.148. The molecule has 4 nitrogen and oxygen atoms in total. The molecule has 1 fully saturated rings. The average molecular weight is 257 g/mol. The number of hydrogen-bond acceptors (Lipinski definition) is 3. The van der Waals surface area contributed by atoms with E-state index in [4.69, 9.17) is 0 Å². The monoisotopic (exact) mass is 257 g/mol. The van der Waals surface area contributed by atoms with Crippen LogP contribution in [-0.2, 0) is 6.54 Å². The summed E-state index contributed by atoms with van der Waals surface area (Å²) in [6, 6.07) is 10.4. The van der Waals surface area contributed by atoms with Gasteiger partial charge in [0.05, 0.1) is 11.8 Å². The van der Waals surface area contributed by atoms with Crippen molar-refractivity contribution in [2.75, 3.05) is 0 Å². The molecule has 1 saturated carbocycles. The van der Waals surface area contributed by atoms with Crippen molar-refractivity contribution in [3.63, 3.8) is 0 Å². The second-order valence-corrected chi connectivity index (χ2v) is 5.06. The molecule has 2 atom stereocenters. The van der Waals surface area contributed by atoms with Crippen molar-refractivity contribution in [2.45, 2.75) is 38.0 Å². The normalized spacial score (nSPS) is 22.8. The lowest BCUT2D eigenvalue weighted by Gasteiger charge is -2.17. The minimum Gasteiger partial charge on any atom is -0.392 e. The molecule has 1 heterocycles. The second kappa shape index (κ2) is 5.55. The highest BCUT2D eigenvalue weighted by atomic mass is 16.3. The Bertz CT molecular complexity index is 524. The SMILES string of the molecule is O[C@@H]1CCC[C@H]1NCc1ccccc1-n1cccn1. The van der Waals surface area contributed by atoms with Crippen molar-refractivity contribution >= 4 is 0 Å². The molecule has 100 valence electrons. The zero-order valence-electron chi connectivity index (χ0n) is 10.9. The van der Waals surface area contributed by atoms with Gasteiger partial charge < -0.3 is 10.4 Å². The van der Waals surface area contributed by atoms with Crippen molar-refractivity contribution in [3.8, 4) is 5.69 Å². The first-order valence-electron chi connectivity index (χ1n) is 6.84. The van der Waals surface area contributed by atoms with Crippen molar-refractivity contribution in [1.29, 1.82) is 0 Å². The average Bonchev–Trinajstić information content (AvgIpc) is 3.08. The maximum absolute atomic E-state index is 9.84. The van der Waals surface area contributed by atoms with E-state index in [9.17, 15) is 5.11 Å². The highest BCUT2D eigenvalue weighted by Gasteiger charge is 2.24. The molecule has 0 saturated heterocycles. The Labute approximate surface area is 113 Å². The Morgan fingerprint density at radius 1 is 1.26 bits per heavy atom. The van der Waals surface area contributed by atoms with Gasteiger partial charge in [0.1, 0.15) is 0 Å². The minimum atomic E-state index is -0.197. The molecule has 1 aliphatic rings. The first-order valence-corrected chi connectivity index (χ1v) is 6.84. The number of rotatable bonds is 4. The topological polar surface area (TPSA) is 50.1 Å². The van der Waals surface area contributed by atoms with E-state index in [-0.39, 0.29) is 12.1 Å². The molecule has 0 aliphatic heterocycles. The maximum atomic E-state index is 9.84. The summed E-state index contributed by atoms with van der Waals surface area (Å²) in [5.41, 5.74) is 2.29. The maximum Gasteiger partial charge on any atom is 0.0693 e. The minimum absolute atomic E-state index is 0.197. The van der Waals surface area contributed by atoms with Crippen molar-refractivity contribution in [3.05, 3.63) is 48.3 Å². The van der Waals surface area contributed by atoms with Crippen LogP contribution in [0.15, 0.2) is 42.7 Å². The summed E-state index contributed by atoms with van der Waals surface area (Å²) in [7, 11) is 0. The molecular weight excluding hydrogens is 238 g/mol. The molecular formula is C15H19N3O. The smallest absolute Gasteiger partial charge is 0.0693 e. The molecule has 1 aromatic heterocycles. The number of aliphatic hydroxyl groups is 1. The van der Waals surface area contributed by atoms with Crippen LogP contribution in [0.4, 0.5) is 0 Å². The summed E-state index contributed by atoms with van der Waals surface area (Å²) < 4.78 is 1.88. The van der Waals surface area contributed by atoms with Gasteiger partial charge in [0, 0.05) is 25.0 Å². The van der Waals surface area contributed by atoms with Crippen LogP contribution in [0.5, 0.6) is 0 Å². The molecule has 0 unspecified atom stereocenters. The van der Waals surface area contributed by atoms with E-state index in [1.165, 1.54) is 5.56 Å². The summed E-state index contributed by atoms with van der Waals surface area (Å²) >= 11 is 0. The van der Waals surface area contributed by atoms with E-state index in [1.54, 1.807) is 6.20 Å². The predicted molar refractivity (Wildman–Crippen MR) is 74.0 cm³/mol. The number of nitrogens with zero attached hydrogens (tertiary/aromatic N) is 2. The Kier molecular flexibility index (Phi) is 3.62. The van der Waals surface area contributed by atoms with Gasteiger partial charge in [0.25, 0.3) is 0 Å². The zero-order valence-corrected chi connectivity index (χ0v) is 10.9. The van der Waals surface area contributed by atoms with E-state index in [0.29, 0.717) is 0 Å². The fourth-order valence-electron chi connectivity index (χ4n) is 2.71. The van der Waals surface area contributed by atoms with Crippen LogP contribution in [0.25, 0.3) is 5.69 Å². The third-order valence-electron chi connectivity index (χ3n) is 3.78. The highest BCUT2D eigenvalue weighted by Crippen LogP contribution is 2.20. The summed E-state index contributed by atoms with van der Waals surface area (Å²) in [5.74, 6) is 0. The van der Waals surface area contributed by atoms with Gasteiger partial charge in [-0.1, -0.05) is 18.2 Å². The molecule has 2 aromatic rings. The molecule has 0 spiro atoms. The van der Waals surface area contributed by atoms with Crippen LogP contribution in [0.2, 0.25) is 0 Å². The van der Waals surface area contributed by atoms with E-state index in [0.717, 1.165) is 31.5 Å². The number of para-hydroxylation sites is 1. The second-order valence-electron chi connectivity index (χ2n) is 5.06. The molecule has 4 heteroatoms. The van der Waals surface area contributed by atoms with Gasteiger partial charge in [0.2, 0.25) is 0 Å². The standard InChI is InChI=1S/C15H19N3O/c19-15-8-3-6-13(15)16-11-12-5-1-2-7-14(12)18-10-4-9-17-18/h1-2,4-5,7,9-10,13,15-16,19H,3,6,8,11H2/t13-,15-/m1/s1. The Balaban J connectivity index is 1.74. The van der Waals surface area contributed by atoms with Crippen molar-refractivity contribution in [2.24, 2.45) is 0 Å². The molecule has 1 aromatic carbocycles. The lowest BCUT2D eigenvalue weighted by atomic mass is 10.1. The number of aromatic nitrogens is 2. The van der Waals surface area contributed by atoms with E-state index in [1.807, 2.05) is 29.1 Å². The van der Waals surface area contributed by atoms with E-state index in [2.05, 4.69) is 22.5 Å². The predicted octanol–water partition coefficient (Wildman–Crippen LogP) is 1.88. The first-order chi connectivity index (χ1) is 9.34. The van der Waals surface area contributed by atoms with Crippen LogP contribution < -0.4 is 5.32 Å². The van der Waals surface area contributed by atoms with Crippen LogP contribution >= 0.6 is 0 Å². The van der Waals surface area contributed by atoms with Gasteiger partial charge in [-0.25, -0.2) is 4.68 Å². The molecule has 0 radical (unpaired) electrons. The van der Waals surface area contributed by atoms with Gasteiger partial charge in [-0.2, -0.15) is 5.10 Å².